The van der Waals surface area contributed by atoms with Gasteiger partial charge in [-0.15, -0.1) is 0 Å². The molecule has 0 aliphatic rings. The number of methoxy groups -OCH3 is 2. The third-order valence-corrected chi connectivity index (χ3v) is 2.48. The Balaban J connectivity index is 5.34. The molecule has 106 valence electrons. The second-order valence-electron chi connectivity index (χ2n) is 3.56. The number of carbonyl (C=O) groups is 3. The van der Waals surface area contributed by atoms with E-state index < -0.39 is 29.7 Å². The van der Waals surface area contributed by atoms with Gasteiger partial charge in [-0.2, -0.15) is 0 Å². The minimum atomic E-state index is -1.38. The van der Waals surface area contributed by atoms with E-state index in [1.165, 1.54) is 6.92 Å². The van der Waals surface area contributed by atoms with E-state index in [1.807, 2.05) is 0 Å². The summed E-state index contributed by atoms with van der Waals surface area (Å²) in [5.41, 5.74) is -0.331. The lowest BCUT2D eigenvalue weighted by Gasteiger charge is -2.20. The molecular weight excluding hydrogens is 254 g/mol. The Morgan fingerprint density at radius 1 is 1.16 bits per heavy atom. The van der Waals surface area contributed by atoms with Crippen LogP contribution >= 0.6 is 0 Å². The Bertz CT molecular complexity index is 394. The van der Waals surface area contributed by atoms with Crippen LogP contribution in [0.3, 0.4) is 0 Å². The smallest absolute Gasteiger partial charge is 0.340 e. The molecule has 7 heteroatoms. The molecule has 0 aliphatic carbocycles. The highest BCUT2D eigenvalue weighted by Gasteiger charge is 2.38. The second-order valence-corrected chi connectivity index (χ2v) is 3.56. The molecule has 0 bridgehead atoms. The zero-order valence-corrected chi connectivity index (χ0v) is 11.3. The van der Waals surface area contributed by atoms with Crippen molar-refractivity contribution in [1.82, 2.24) is 0 Å². The standard InChI is InChI=1S/C12H16NO6/c1-5-19-10(14)8(6-13)7(2)9(11(15)17-3)12(16)18-4/h7,9H,5H2,1-4H3/q-1. The minimum absolute atomic E-state index is 0.0812. The second kappa shape index (κ2) is 8.05. The monoisotopic (exact) mass is 270 g/mol. The maximum atomic E-state index is 11.6. The topological polar surface area (TPSA) is 101 Å². The van der Waals surface area contributed by atoms with Gasteiger partial charge in [0, 0.05) is 5.92 Å². The molecule has 7 nitrogen and oxygen atoms in total. The Morgan fingerprint density at radius 2 is 1.63 bits per heavy atom. The summed E-state index contributed by atoms with van der Waals surface area (Å²) < 4.78 is 13.6. The van der Waals surface area contributed by atoms with Crippen molar-refractivity contribution in [2.45, 2.75) is 13.8 Å². The molecule has 0 saturated carbocycles. The van der Waals surface area contributed by atoms with Crippen molar-refractivity contribution in [1.29, 1.82) is 0 Å². The molecule has 0 aromatic heterocycles. The molecule has 0 aromatic carbocycles. The minimum Gasteiger partial charge on any atom is -0.763 e. The van der Waals surface area contributed by atoms with Gasteiger partial charge in [-0.25, -0.2) is 4.79 Å². The van der Waals surface area contributed by atoms with Gasteiger partial charge in [0.1, 0.15) is 0 Å². The highest BCUT2D eigenvalue weighted by Crippen LogP contribution is 2.22. The molecule has 0 saturated heterocycles. The zero-order chi connectivity index (χ0) is 15.0. The number of esters is 3. The molecule has 0 spiro atoms. The number of hydrogen-bond acceptors (Lipinski definition) is 6. The van der Waals surface area contributed by atoms with Crippen molar-refractivity contribution in [3.8, 4) is 0 Å². The van der Waals surface area contributed by atoms with Gasteiger partial charge in [0.15, 0.2) is 5.92 Å². The maximum Gasteiger partial charge on any atom is 0.340 e. The van der Waals surface area contributed by atoms with E-state index in [0.29, 0.717) is 0 Å². The predicted octanol–water partition coefficient (Wildman–Crippen LogP) is 0.313. The number of carbonyl (C=O) groups excluding carboxylic acids is 3. The lowest BCUT2D eigenvalue weighted by atomic mass is 9.87. The first kappa shape index (κ1) is 16.9. The van der Waals surface area contributed by atoms with Crippen molar-refractivity contribution < 1.29 is 28.6 Å². The van der Waals surface area contributed by atoms with E-state index in [0.717, 1.165) is 14.2 Å². The first-order valence-electron chi connectivity index (χ1n) is 5.54. The van der Waals surface area contributed by atoms with E-state index in [4.69, 9.17) is 10.1 Å². The SMILES string of the molecule is CCOC(=O)C(=C=[N-])C(C)C(C(=O)OC)C(=O)OC. The van der Waals surface area contributed by atoms with Crippen LogP contribution in [-0.4, -0.2) is 44.6 Å². The third kappa shape index (κ3) is 4.22. The zero-order valence-electron chi connectivity index (χ0n) is 11.3. The summed E-state index contributed by atoms with van der Waals surface area (Å²) in [6.45, 7) is 3.04. The maximum absolute atomic E-state index is 11.6. The fourth-order valence-electron chi connectivity index (χ4n) is 1.47. The van der Waals surface area contributed by atoms with Crippen molar-refractivity contribution in [3.05, 3.63) is 11.0 Å². The molecule has 0 aromatic rings. The largest absolute Gasteiger partial charge is 0.763 e. The fourth-order valence-corrected chi connectivity index (χ4v) is 1.47. The van der Waals surface area contributed by atoms with E-state index in [2.05, 4.69) is 9.47 Å². The molecule has 1 atom stereocenters. The van der Waals surface area contributed by atoms with Gasteiger partial charge in [-0.3, -0.25) is 15.5 Å². The summed E-state index contributed by atoms with van der Waals surface area (Å²) in [6, 6.07) is 0. The molecule has 0 aliphatic heterocycles. The van der Waals surface area contributed by atoms with Gasteiger partial charge in [0.2, 0.25) is 0 Å². The van der Waals surface area contributed by atoms with E-state index >= 15 is 0 Å². The van der Waals surface area contributed by atoms with Crippen LogP contribution in [0.15, 0.2) is 5.57 Å². The van der Waals surface area contributed by atoms with Crippen molar-refractivity contribution in [2.24, 2.45) is 11.8 Å². The van der Waals surface area contributed by atoms with Crippen LogP contribution < -0.4 is 0 Å². The van der Waals surface area contributed by atoms with Crippen LogP contribution in [0.1, 0.15) is 13.8 Å². The number of nitrogens with zero attached hydrogens (tertiary/aromatic N) is 1. The van der Waals surface area contributed by atoms with Gasteiger partial charge in [-0.1, -0.05) is 6.92 Å². The summed E-state index contributed by atoms with van der Waals surface area (Å²) in [7, 11) is 2.20. The predicted molar refractivity (Wildman–Crippen MR) is 65.2 cm³/mol. The van der Waals surface area contributed by atoms with Gasteiger partial charge < -0.3 is 19.6 Å². The summed E-state index contributed by atoms with van der Waals surface area (Å²) in [5.74, 6) is -3.35. The number of rotatable bonds is 6. The molecule has 0 radical (unpaired) electrons. The Hall–Kier alpha value is -2.14. The van der Waals surface area contributed by atoms with E-state index in [-0.39, 0.29) is 12.2 Å². The Morgan fingerprint density at radius 3 is 1.95 bits per heavy atom. The summed E-state index contributed by atoms with van der Waals surface area (Å²) >= 11 is 0. The molecule has 1 unspecified atom stereocenters. The first-order valence-corrected chi connectivity index (χ1v) is 5.54. The summed E-state index contributed by atoms with van der Waals surface area (Å²) in [5, 5.41) is 8.96. The molecule has 0 fully saturated rings. The molecule has 0 N–H and O–H groups in total. The van der Waals surface area contributed by atoms with Gasteiger partial charge in [-0.05, 0) is 6.92 Å². The van der Waals surface area contributed by atoms with Gasteiger partial charge in [0.25, 0.3) is 0 Å². The van der Waals surface area contributed by atoms with Crippen molar-refractivity contribution >= 4 is 23.8 Å². The average molecular weight is 270 g/mol. The van der Waals surface area contributed by atoms with Crippen LogP contribution in [0, 0.1) is 11.8 Å². The summed E-state index contributed by atoms with van der Waals surface area (Å²) in [6.07, 6.45) is 0. The molecule has 0 rings (SSSR count). The highest BCUT2D eigenvalue weighted by atomic mass is 16.5. The quantitative estimate of drug-likeness (QED) is 0.226. The van der Waals surface area contributed by atoms with Crippen LogP contribution in [0.5, 0.6) is 0 Å². The van der Waals surface area contributed by atoms with Crippen molar-refractivity contribution in [3.63, 3.8) is 0 Å². The van der Waals surface area contributed by atoms with Gasteiger partial charge >= 0.3 is 17.9 Å². The number of hydrogen-bond donors (Lipinski definition) is 0. The van der Waals surface area contributed by atoms with E-state index in [9.17, 15) is 14.4 Å². The molecular formula is C12H16NO6-. The Kier molecular flexibility index (Phi) is 7.14. The normalized spacial score (nSPS) is 11.2. The Labute approximate surface area is 111 Å². The number of ether oxygens (including phenoxy) is 3. The summed E-state index contributed by atoms with van der Waals surface area (Å²) in [4.78, 5) is 34.7. The molecule has 0 heterocycles. The average Bonchev–Trinajstić information content (AvgIpc) is 2.39. The van der Waals surface area contributed by atoms with Crippen LogP contribution in [0.25, 0.3) is 5.41 Å². The lowest BCUT2D eigenvalue weighted by Crippen LogP contribution is -2.35. The van der Waals surface area contributed by atoms with Crippen LogP contribution in [-0.2, 0) is 28.6 Å². The molecule has 19 heavy (non-hydrogen) atoms. The van der Waals surface area contributed by atoms with E-state index in [1.54, 1.807) is 12.8 Å². The van der Waals surface area contributed by atoms with Crippen LogP contribution in [0.2, 0.25) is 0 Å². The fraction of sp³-hybridized carbons (Fsp3) is 0.583. The molecule has 0 amide bonds. The van der Waals surface area contributed by atoms with Gasteiger partial charge in [0.05, 0.1) is 26.4 Å². The highest BCUT2D eigenvalue weighted by molar-refractivity contribution is 6.03. The first-order chi connectivity index (χ1) is 8.94. The van der Waals surface area contributed by atoms with Crippen molar-refractivity contribution in [2.75, 3.05) is 20.8 Å². The lowest BCUT2D eigenvalue weighted by molar-refractivity contribution is -0.160. The third-order valence-electron chi connectivity index (χ3n) is 2.48. The van der Waals surface area contributed by atoms with Crippen LogP contribution in [0.4, 0.5) is 0 Å².